The van der Waals surface area contributed by atoms with Crippen molar-refractivity contribution in [3.63, 3.8) is 0 Å². The average Bonchev–Trinajstić information content (AvgIpc) is 3.52. The van der Waals surface area contributed by atoms with Crippen LogP contribution in [0.3, 0.4) is 0 Å². The van der Waals surface area contributed by atoms with Crippen molar-refractivity contribution < 1.29 is 19.1 Å². The third-order valence-electron chi connectivity index (χ3n) is 8.13. The minimum absolute atomic E-state index is 0.0599. The number of rotatable bonds is 12. The molecule has 1 aliphatic carbocycles. The molecule has 1 N–H and O–H groups in total. The molecule has 1 fully saturated rings. The topological polar surface area (TPSA) is 77.5 Å². The fraction of sp³-hybridized carbons (Fsp3) is 0.342. The summed E-state index contributed by atoms with van der Waals surface area (Å²) in [5, 5.41) is 8.62. The number of nitrogens with zero attached hydrogens (tertiary/aromatic N) is 1. The zero-order valence-electron chi connectivity index (χ0n) is 26.4. The van der Waals surface area contributed by atoms with Crippen LogP contribution in [-0.2, 0) is 27.4 Å². The Kier molecular flexibility index (Phi) is 11.2. The molecule has 5 rings (SSSR count). The lowest BCUT2D eigenvalue weighted by Crippen LogP contribution is -2.35. The summed E-state index contributed by atoms with van der Waals surface area (Å²) in [6, 6.07) is 22.6. The van der Waals surface area contributed by atoms with E-state index in [-0.39, 0.29) is 23.8 Å². The molecule has 234 valence electrons. The number of aromatic nitrogens is 1. The molecule has 1 amide bonds. The molecule has 1 aliphatic rings. The number of nitrogens with one attached hydrogen (secondary N) is 1. The summed E-state index contributed by atoms with van der Waals surface area (Å²) >= 11 is 1.54. The zero-order chi connectivity index (χ0) is 31.6. The molecule has 7 heteroatoms. The van der Waals surface area contributed by atoms with Gasteiger partial charge in [0.15, 0.2) is 0 Å². The van der Waals surface area contributed by atoms with Crippen molar-refractivity contribution in [2.45, 2.75) is 71.9 Å². The summed E-state index contributed by atoms with van der Waals surface area (Å²) in [5.74, 6) is 0.661. The first-order valence-electron chi connectivity index (χ1n) is 15.9. The van der Waals surface area contributed by atoms with E-state index >= 15 is 0 Å². The van der Waals surface area contributed by atoms with Crippen LogP contribution in [0.1, 0.15) is 80.7 Å². The van der Waals surface area contributed by atoms with Crippen molar-refractivity contribution in [1.29, 1.82) is 0 Å². The van der Waals surface area contributed by atoms with E-state index in [4.69, 9.17) is 14.5 Å². The average molecular weight is 623 g/mol. The second kappa shape index (κ2) is 15.7. The van der Waals surface area contributed by atoms with Crippen molar-refractivity contribution in [3.8, 4) is 5.75 Å². The number of esters is 1. The second-order valence-electron chi connectivity index (χ2n) is 11.8. The van der Waals surface area contributed by atoms with Gasteiger partial charge in [0.25, 0.3) is 0 Å². The van der Waals surface area contributed by atoms with E-state index in [0.29, 0.717) is 25.2 Å². The summed E-state index contributed by atoms with van der Waals surface area (Å²) in [6.07, 6.45) is 9.68. The highest BCUT2D eigenvalue weighted by atomic mass is 32.1. The maximum atomic E-state index is 13.3. The van der Waals surface area contributed by atoms with Crippen LogP contribution in [0, 0.1) is 5.92 Å². The highest BCUT2D eigenvalue weighted by Gasteiger charge is 2.25. The quantitative estimate of drug-likeness (QED) is 0.0971. The number of ether oxygens (including phenoxy) is 2. The Bertz CT molecular complexity index is 1660. The van der Waals surface area contributed by atoms with Gasteiger partial charge in [-0.25, -0.2) is 9.78 Å². The van der Waals surface area contributed by atoms with Gasteiger partial charge in [-0.3, -0.25) is 4.79 Å². The van der Waals surface area contributed by atoms with E-state index in [1.807, 2.05) is 48.7 Å². The number of carbonyl (C=O) groups is 2. The van der Waals surface area contributed by atoms with Gasteiger partial charge in [-0.15, -0.1) is 11.3 Å². The van der Waals surface area contributed by atoms with Crippen molar-refractivity contribution in [1.82, 2.24) is 10.3 Å². The molecule has 0 saturated heterocycles. The van der Waals surface area contributed by atoms with E-state index < -0.39 is 0 Å². The highest BCUT2D eigenvalue weighted by molar-refractivity contribution is 7.09. The highest BCUT2D eigenvalue weighted by Crippen LogP contribution is 2.28. The van der Waals surface area contributed by atoms with E-state index in [2.05, 4.69) is 47.8 Å². The number of amides is 1. The largest absolute Gasteiger partial charge is 0.489 e. The van der Waals surface area contributed by atoms with Gasteiger partial charge in [-0.1, -0.05) is 67.8 Å². The lowest BCUT2D eigenvalue weighted by Gasteiger charge is -2.24. The summed E-state index contributed by atoms with van der Waals surface area (Å²) in [7, 11) is 0. The first kappa shape index (κ1) is 32.2. The Balaban J connectivity index is 1.28. The van der Waals surface area contributed by atoms with Crippen LogP contribution in [0.4, 0.5) is 0 Å². The van der Waals surface area contributed by atoms with Crippen molar-refractivity contribution >= 4 is 40.1 Å². The van der Waals surface area contributed by atoms with Crippen molar-refractivity contribution in [2.75, 3.05) is 6.61 Å². The zero-order valence-corrected chi connectivity index (χ0v) is 27.2. The Hall–Kier alpha value is -4.23. The SMILES string of the molecule is CCOC(=O)C(C)=CC(C)=Cc1csc([C@H](Cc2ccc(OCc3ccc4ccccc4c3)cc2)NC(=O)C2CCCCC2)n1. The second-order valence-corrected chi connectivity index (χ2v) is 12.7. The predicted octanol–water partition coefficient (Wildman–Crippen LogP) is 8.77. The molecule has 1 saturated carbocycles. The van der Waals surface area contributed by atoms with Crippen LogP contribution in [0.25, 0.3) is 16.8 Å². The van der Waals surface area contributed by atoms with Crippen LogP contribution in [0.2, 0.25) is 0 Å². The van der Waals surface area contributed by atoms with Gasteiger partial charge >= 0.3 is 5.97 Å². The third-order valence-corrected chi connectivity index (χ3v) is 9.11. The monoisotopic (exact) mass is 622 g/mol. The van der Waals surface area contributed by atoms with Crippen molar-refractivity contribution in [2.24, 2.45) is 5.92 Å². The number of hydrogen-bond donors (Lipinski definition) is 1. The predicted molar refractivity (Wildman–Crippen MR) is 182 cm³/mol. The molecule has 0 aliphatic heterocycles. The molecule has 6 nitrogen and oxygen atoms in total. The number of benzene rings is 3. The number of thiazole rings is 1. The number of hydrogen-bond acceptors (Lipinski definition) is 6. The lowest BCUT2D eigenvalue weighted by molar-refractivity contribution is -0.138. The van der Waals surface area contributed by atoms with E-state index in [9.17, 15) is 9.59 Å². The minimum atomic E-state index is -0.320. The normalized spacial score (nSPS) is 15.1. The number of carbonyl (C=O) groups excluding carboxylic acids is 2. The van der Waals surface area contributed by atoms with Crippen LogP contribution in [0.5, 0.6) is 5.75 Å². The molecule has 45 heavy (non-hydrogen) atoms. The van der Waals surface area contributed by atoms with Crippen LogP contribution in [0.15, 0.2) is 89.3 Å². The summed E-state index contributed by atoms with van der Waals surface area (Å²) in [4.78, 5) is 30.2. The fourth-order valence-electron chi connectivity index (χ4n) is 5.75. The number of allylic oxidation sites excluding steroid dienone is 2. The minimum Gasteiger partial charge on any atom is -0.489 e. The van der Waals surface area contributed by atoms with Gasteiger partial charge in [-0.05, 0) is 97.9 Å². The molecule has 0 unspecified atom stereocenters. The standard InChI is InChI=1S/C38H42N2O4S/c1-4-43-38(42)27(3)20-26(2)21-33-25-45-37(39-33)35(40-36(41)31-11-6-5-7-12-31)23-28-15-18-34(19-16-28)44-24-29-14-17-30-10-8-9-13-32(30)22-29/h8-10,13-22,25,31,35H,4-7,11-12,23-24H2,1-3H3,(H,40,41)/t35-/m0/s1. The molecule has 4 aromatic rings. The Morgan fingerprint density at radius 3 is 2.47 bits per heavy atom. The first-order chi connectivity index (χ1) is 21.9. The van der Waals surface area contributed by atoms with Crippen LogP contribution < -0.4 is 10.1 Å². The maximum Gasteiger partial charge on any atom is 0.333 e. The maximum absolute atomic E-state index is 13.3. The van der Waals surface area contributed by atoms with Crippen LogP contribution in [-0.4, -0.2) is 23.5 Å². The van der Waals surface area contributed by atoms with Gasteiger partial charge in [0.05, 0.1) is 18.3 Å². The molecule has 3 aromatic carbocycles. The molecule has 1 aromatic heterocycles. The Morgan fingerprint density at radius 1 is 0.978 bits per heavy atom. The third kappa shape index (κ3) is 9.14. The van der Waals surface area contributed by atoms with Gasteiger partial charge < -0.3 is 14.8 Å². The fourth-order valence-corrected chi connectivity index (χ4v) is 6.58. The van der Waals surface area contributed by atoms with Gasteiger partial charge in [0.1, 0.15) is 17.4 Å². The molecule has 1 atom stereocenters. The van der Waals surface area contributed by atoms with E-state index in [1.165, 1.54) is 17.2 Å². The van der Waals surface area contributed by atoms with E-state index in [0.717, 1.165) is 58.8 Å². The molecular formula is C38H42N2O4S. The lowest BCUT2D eigenvalue weighted by atomic mass is 9.88. The Labute approximate surface area is 270 Å². The molecule has 0 bridgehead atoms. The molecular weight excluding hydrogens is 580 g/mol. The van der Waals surface area contributed by atoms with Gasteiger partial charge in [-0.2, -0.15) is 0 Å². The smallest absolute Gasteiger partial charge is 0.333 e. The van der Waals surface area contributed by atoms with Gasteiger partial charge in [0, 0.05) is 16.9 Å². The van der Waals surface area contributed by atoms with Crippen LogP contribution >= 0.6 is 11.3 Å². The summed E-state index contributed by atoms with van der Waals surface area (Å²) in [5.41, 5.74) is 4.47. The first-order valence-corrected chi connectivity index (χ1v) is 16.7. The summed E-state index contributed by atoms with van der Waals surface area (Å²) < 4.78 is 11.2. The summed E-state index contributed by atoms with van der Waals surface area (Å²) in [6.45, 7) is 6.32. The molecule has 0 radical (unpaired) electrons. The van der Waals surface area contributed by atoms with E-state index in [1.54, 1.807) is 25.2 Å². The molecule has 0 spiro atoms. The Morgan fingerprint density at radius 2 is 1.71 bits per heavy atom. The van der Waals surface area contributed by atoms with Gasteiger partial charge in [0.2, 0.25) is 5.91 Å². The molecule has 1 heterocycles. The van der Waals surface area contributed by atoms with Crippen molar-refractivity contribution in [3.05, 3.63) is 111 Å². The number of fused-ring (bicyclic) bond motifs is 1.